The second-order valence-corrected chi connectivity index (χ2v) is 16.6. The third-order valence-electron chi connectivity index (χ3n) is 11.7. The van der Waals surface area contributed by atoms with Crippen LogP contribution in [0.3, 0.4) is 0 Å². The van der Waals surface area contributed by atoms with Gasteiger partial charge < -0.3 is 4.90 Å². The Morgan fingerprint density at radius 1 is 0.451 bits per heavy atom. The summed E-state index contributed by atoms with van der Waals surface area (Å²) in [6.07, 6.45) is 0. The molecule has 0 saturated heterocycles. The molecule has 1 nitrogen and oxygen atoms in total. The van der Waals surface area contributed by atoms with Crippen LogP contribution in [0.15, 0.2) is 146 Å². The van der Waals surface area contributed by atoms with E-state index in [2.05, 4.69) is 199 Å². The van der Waals surface area contributed by atoms with Gasteiger partial charge in [0.25, 0.3) is 0 Å². The molecule has 2 aliphatic rings. The van der Waals surface area contributed by atoms with Crippen LogP contribution in [0, 0.1) is 0 Å². The van der Waals surface area contributed by atoms with E-state index in [0.29, 0.717) is 0 Å². The molecular formula is C50H45N. The highest BCUT2D eigenvalue weighted by Gasteiger charge is 2.50. The van der Waals surface area contributed by atoms with Crippen molar-refractivity contribution in [1.29, 1.82) is 0 Å². The molecule has 2 aliphatic carbocycles. The van der Waals surface area contributed by atoms with E-state index >= 15 is 0 Å². The fraction of sp³-hybridized carbons (Fsp3) is 0.200. The van der Waals surface area contributed by atoms with Gasteiger partial charge >= 0.3 is 0 Å². The molecule has 0 fully saturated rings. The maximum atomic E-state index is 2.58. The zero-order valence-corrected chi connectivity index (χ0v) is 30.8. The number of hydrogen-bond acceptors (Lipinski definition) is 1. The lowest BCUT2D eigenvalue weighted by Crippen LogP contribution is -2.27. The molecule has 0 aromatic heterocycles. The average molecular weight is 660 g/mol. The number of benzene rings is 7. The molecule has 9 rings (SSSR count). The predicted octanol–water partition coefficient (Wildman–Crippen LogP) is 13.9. The molecule has 0 aliphatic heterocycles. The second-order valence-electron chi connectivity index (χ2n) is 16.6. The molecule has 0 heterocycles. The van der Waals surface area contributed by atoms with Gasteiger partial charge in [-0.2, -0.15) is 0 Å². The van der Waals surface area contributed by atoms with Crippen LogP contribution in [0.4, 0.5) is 17.1 Å². The summed E-state index contributed by atoms with van der Waals surface area (Å²) in [6.45, 7) is 17.0. The van der Waals surface area contributed by atoms with Gasteiger partial charge in [-0.1, -0.05) is 164 Å². The second kappa shape index (κ2) is 11.0. The summed E-state index contributed by atoms with van der Waals surface area (Å²) < 4.78 is 0. The Labute approximate surface area is 303 Å². The molecule has 0 unspecified atom stereocenters. The van der Waals surface area contributed by atoms with E-state index in [9.17, 15) is 0 Å². The summed E-state index contributed by atoms with van der Waals surface area (Å²) in [7, 11) is 0. The maximum absolute atomic E-state index is 2.58. The van der Waals surface area contributed by atoms with Gasteiger partial charge in [0.05, 0.1) is 5.69 Å². The van der Waals surface area contributed by atoms with Crippen LogP contribution in [0.25, 0.3) is 44.2 Å². The van der Waals surface area contributed by atoms with E-state index < -0.39 is 0 Å². The number of anilines is 3. The highest BCUT2D eigenvalue weighted by atomic mass is 15.2. The van der Waals surface area contributed by atoms with Crippen LogP contribution in [0.1, 0.15) is 76.3 Å². The minimum atomic E-state index is -0.223. The standard InChI is InChI=1S/C50H45N/c1-48(2,3)44-42-38-21-13-15-23-40(38)49(4,5)45(42)47(46-43(44)39-22-14-16-24-41(39)50(46,6)7)51(36-19-9-8-10-20-36)37-29-27-33(28-30-37)35-26-25-32-17-11-12-18-34(32)31-35/h8-31H,1-7H3. The lowest BCUT2D eigenvalue weighted by atomic mass is 9.71. The minimum Gasteiger partial charge on any atom is -0.310 e. The Morgan fingerprint density at radius 2 is 0.922 bits per heavy atom. The third kappa shape index (κ3) is 4.60. The number of para-hydroxylation sites is 1. The van der Waals surface area contributed by atoms with Crippen molar-refractivity contribution in [3.8, 4) is 33.4 Å². The molecule has 0 radical (unpaired) electrons. The molecule has 0 amide bonds. The van der Waals surface area contributed by atoms with Crippen LogP contribution >= 0.6 is 0 Å². The molecule has 7 aromatic carbocycles. The predicted molar refractivity (Wildman–Crippen MR) is 218 cm³/mol. The van der Waals surface area contributed by atoms with E-state index in [1.807, 2.05) is 0 Å². The molecule has 7 aromatic rings. The minimum absolute atomic E-state index is 0.0904. The van der Waals surface area contributed by atoms with Crippen molar-refractivity contribution in [3.63, 3.8) is 0 Å². The largest absolute Gasteiger partial charge is 0.310 e. The monoisotopic (exact) mass is 659 g/mol. The van der Waals surface area contributed by atoms with Crippen molar-refractivity contribution in [1.82, 2.24) is 0 Å². The summed E-state index contributed by atoms with van der Waals surface area (Å²) >= 11 is 0. The summed E-state index contributed by atoms with van der Waals surface area (Å²) in [5, 5.41) is 2.53. The van der Waals surface area contributed by atoms with Gasteiger partial charge in [-0.25, -0.2) is 0 Å². The van der Waals surface area contributed by atoms with Crippen LogP contribution in [0.5, 0.6) is 0 Å². The van der Waals surface area contributed by atoms with E-state index in [-0.39, 0.29) is 16.2 Å². The van der Waals surface area contributed by atoms with E-state index in [1.54, 1.807) is 0 Å². The first-order valence-electron chi connectivity index (χ1n) is 18.4. The molecule has 250 valence electrons. The smallest absolute Gasteiger partial charge is 0.0556 e. The number of fused-ring (bicyclic) bond motifs is 7. The van der Waals surface area contributed by atoms with Gasteiger partial charge in [0.2, 0.25) is 0 Å². The van der Waals surface area contributed by atoms with Gasteiger partial charge in [-0.3, -0.25) is 0 Å². The molecule has 0 atom stereocenters. The van der Waals surface area contributed by atoms with E-state index in [4.69, 9.17) is 0 Å². The van der Waals surface area contributed by atoms with Crippen molar-refractivity contribution in [2.75, 3.05) is 4.90 Å². The lowest BCUT2D eigenvalue weighted by Gasteiger charge is -2.39. The number of nitrogens with zero attached hydrogens (tertiary/aromatic N) is 1. The Hall–Kier alpha value is -5.40. The highest BCUT2D eigenvalue weighted by Crippen LogP contribution is 2.65. The van der Waals surface area contributed by atoms with Crippen molar-refractivity contribution in [2.45, 2.75) is 64.7 Å². The fourth-order valence-corrected chi connectivity index (χ4v) is 9.38. The summed E-state index contributed by atoms with van der Waals surface area (Å²) in [4.78, 5) is 2.58. The van der Waals surface area contributed by atoms with Gasteiger partial charge in [0.1, 0.15) is 0 Å². The molecule has 0 N–H and O–H groups in total. The molecule has 0 saturated carbocycles. The molecule has 1 heteroatoms. The molecular weight excluding hydrogens is 615 g/mol. The van der Waals surface area contributed by atoms with Gasteiger partial charge in [0, 0.05) is 22.2 Å². The Balaban J connectivity index is 1.38. The van der Waals surface area contributed by atoms with Crippen molar-refractivity contribution in [2.24, 2.45) is 0 Å². The van der Waals surface area contributed by atoms with Gasteiger partial charge in [0.15, 0.2) is 0 Å². The normalized spacial score (nSPS) is 14.9. The molecule has 51 heavy (non-hydrogen) atoms. The van der Waals surface area contributed by atoms with E-state index in [0.717, 1.165) is 5.69 Å². The van der Waals surface area contributed by atoms with Crippen molar-refractivity contribution >= 4 is 27.8 Å². The third-order valence-corrected chi connectivity index (χ3v) is 11.7. The quantitative estimate of drug-likeness (QED) is 0.182. The lowest BCUT2D eigenvalue weighted by molar-refractivity contribution is 0.587. The first kappa shape index (κ1) is 31.6. The van der Waals surface area contributed by atoms with Crippen LogP contribution in [-0.4, -0.2) is 0 Å². The van der Waals surface area contributed by atoms with Crippen molar-refractivity contribution in [3.05, 3.63) is 173 Å². The Kier molecular flexibility index (Phi) is 6.84. The zero-order valence-electron chi connectivity index (χ0n) is 30.8. The van der Waals surface area contributed by atoms with Crippen LogP contribution in [0.2, 0.25) is 0 Å². The van der Waals surface area contributed by atoms with Gasteiger partial charge in [-0.15, -0.1) is 0 Å². The summed E-state index contributed by atoms with van der Waals surface area (Å²) in [5.41, 5.74) is 18.3. The average Bonchev–Trinajstić information content (AvgIpc) is 3.51. The SMILES string of the molecule is CC(C)(C)c1c2c(c(N(c3ccccc3)c3ccc(-c4ccc5ccccc5c4)cc3)c3c1-c1ccccc1C3(C)C)C(C)(C)c1ccccc1-2. The van der Waals surface area contributed by atoms with E-state index in [1.165, 1.54) is 83.3 Å². The highest BCUT2D eigenvalue weighted by molar-refractivity contribution is 6.03. The molecule has 0 bridgehead atoms. The maximum Gasteiger partial charge on any atom is 0.0556 e. The van der Waals surface area contributed by atoms with Crippen LogP contribution in [-0.2, 0) is 16.2 Å². The van der Waals surface area contributed by atoms with Crippen molar-refractivity contribution < 1.29 is 0 Å². The molecule has 0 spiro atoms. The first-order chi connectivity index (χ1) is 24.5. The summed E-state index contributed by atoms with van der Waals surface area (Å²) in [6, 6.07) is 54.0. The summed E-state index contributed by atoms with van der Waals surface area (Å²) in [5.74, 6) is 0. The number of hydrogen-bond donors (Lipinski definition) is 0. The first-order valence-corrected chi connectivity index (χ1v) is 18.4. The Bertz CT molecular complexity index is 2400. The Morgan fingerprint density at radius 3 is 1.49 bits per heavy atom. The zero-order chi connectivity index (χ0) is 35.3. The van der Waals surface area contributed by atoms with Crippen LogP contribution < -0.4 is 4.90 Å². The van der Waals surface area contributed by atoms with Gasteiger partial charge in [-0.05, 0) is 108 Å². The topological polar surface area (TPSA) is 3.24 Å². The fourth-order valence-electron chi connectivity index (χ4n) is 9.38. The number of rotatable bonds is 4.